The minimum absolute atomic E-state index is 0.0983. The molecule has 2 heterocycles. The Labute approximate surface area is 151 Å². The minimum Gasteiger partial charge on any atom is -0.392 e. The molecule has 1 saturated heterocycles. The molecule has 3 rings (SSSR count). The quantitative estimate of drug-likeness (QED) is 0.854. The lowest BCUT2D eigenvalue weighted by Crippen LogP contribution is -2.45. The summed E-state index contributed by atoms with van der Waals surface area (Å²) in [6.45, 7) is 2.35. The molecule has 1 amide bonds. The third-order valence-corrected chi connectivity index (χ3v) is 4.87. The molecule has 2 aliphatic heterocycles. The Morgan fingerprint density at radius 3 is 2.92 bits per heavy atom. The van der Waals surface area contributed by atoms with Gasteiger partial charge in [-0.3, -0.25) is 14.7 Å². The van der Waals surface area contributed by atoms with Crippen molar-refractivity contribution >= 4 is 40.6 Å². The molecule has 1 aromatic rings. The number of carbonyl (C=O) groups excluding carboxylic acids is 1. The molecular formula is C16H20Cl2N4O2. The van der Waals surface area contributed by atoms with E-state index in [0.29, 0.717) is 35.4 Å². The van der Waals surface area contributed by atoms with Crippen molar-refractivity contribution in [2.75, 3.05) is 31.2 Å². The number of anilines is 1. The number of β-amino-alcohol motifs (C(OH)–C–C–N with tert-alkyl or cyclic N) is 1. The third kappa shape index (κ3) is 4.39. The van der Waals surface area contributed by atoms with Crippen LogP contribution in [0.3, 0.4) is 0 Å². The number of piperidine rings is 1. The van der Waals surface area contributed by atoms with Gasteiger partial charge in [-0.05, 0) is 37.6 Å². The molecule has 1 aromatic carbocycles. The summed E-state index contributed by atoms with van der Waals surface area (Å²) in [5.41, 5.74) is 0.841. The van der Waals surface area contributed by atoms with Crippen LogP contribution in [0.5, 0.6) is 0 Å². The van der Waals surface area contributed by atoms with E-state index < -0.39 is 0 Å². The van der Waals surface area contributed by atoms with Crippen LogP contribution in [0, 0.1) is 0 Å². The second-order valence-electron chi connectivity index (χ2n) is 6.10. The Bertz CT molecular complexity index is 653. The standard InChI is InChI=1S/C16H20Cl2N4O2/c17-13-4-3-11(8-14(13)18)22-7-5-15(20-22)19-16(24)10-21-6-1-2-12(23)9-21/h3-4,8,12,23H,1-2,5-7,9-10H2,(H,19,20,24)/t12-/m0/s1. The predicted octanol–water partition coefficient (Wildman–Crippen LogP) is 2.09. The summed E-state index contributed by atoms with van der Waals surface area (Å²) in [7, 11) is 0. The molecule has 6 nitrogen and oxygen atoms in total. The van der Waals surface area contributed by atoms with Gasteiger partial charge in [-0.1, -0.05) is 23.2 Å². The van der Waals surface area contributed by atoms with Gasteiger partial charge in [0.25, 0.3) is 0 Å². The Hall–Kier alpha value is -1.34. The maximum absolute atomic E-state index is 12.1. The topological polar surface area (TPSA) is 68.2 Å². The van der Waals surface area contributed by atoms with Crippen LogP contribution in [0.1, 0.15) is 19.3 Å². The van der Waals surface area contributed by atoms with E-state index >= 15 is 0 Å². The predicted molar refractivity (Wildman–Crippen MR) is 95.7 cm³/mol. The smallest absolute Gasteiger partial charge is 0.239 e. The Morgan fingerprint density at radius 2 is 2.17 bits per heavy atom. The number of carbonyl (C=O) groups is 1. The van der Waals surface area contributed by atoms with E-state index in [1.807, 2.05) is 11.0 Å². The van der Waals surface area contributed by atoms with Crippen LogP contribution in [-0.2, 0) is 4.79 Å². The summed E-state index contributed by atoms with van der Waals surface area (Å²) >= 11 is 12.0. The number of amidine groups is 1. The van der Waals surface area contributed by atoms with Crippen molar-refractivity contribution in [3.63, 3.8) is 0 Å². The van der Waals surface area contributed by atoms with Crippen molar-refractivity contribution in [1.82, 2.24) is 10.2 Å². The molecule has 0 radical (unpaired) electrons. The van der Waals surface area contributed by atoms with E-state index in [1.165, 1.54) is 0 Å². The van der Waals surface area contributed by atoms with Crippen molar-refractivity contribution < 1.29 is 9.90 Å². The molecule has 0 bridgehead atoms. The third-order valence-electron chi connectivity index (χ3n) is 4.13. The lowest BCUT2D eigenvalue weighted by Gasteiger charge is -2.29. The molecular weight excluding hydrogens is 351 g/mol. The molecule has 0 aromatic heterocycles. The van der Waals surface area contributed by atoms with Gasteiger partial charge in [0.15, 0.2) is 0 Å². The van der Waals surface area contributed by atoms with Crippen LogP contribution >= 0.6 is 23.2 Å². The van der Waals surface area contributed by atoms with Crippen LogP contribution < -0.4 is 10.3 Å². The summed E-state index contributed by atoms with van der Waals surface area (Å²) < 4.78 is 0. The van der Waals surface area contributed by atoms with Gasteiger partial charge < -0.3 is 10.4 Å². The van der Waals surface area contributed by atoms with Gasteiger partial charge in [0, 0.05) is 19.5 Å². The first kappa shape index (κ1) is 17.5. The highest BCUT2D eigenvalue weighted by Crippen LogP contribution is 2.28. The highest BCUT2D eigenvalue weighted by atomic mass is 35.5. The molecule has 0 saturated carbocycles. The largest absolute Gasteiger partial charge is 0.392 e. The summed E-state index contributed by atoms with van der Waals surface area (Å²) in [5, 5.41) is 19.7. The average molecular weight is 371 g/mol. The van der Waals surface area contributed by atoms with Crippen molar-refractivity contribution in [2.45, 2.75) is 25.4 Å². The second-order valence-corrected chi connectivity index (χ2v) is 6.91. The van der Waals surface area contributed by atoms with Crippen molar-refractivity contribution in [3.05, 3.63) is 28.2 Å². The summed E-state index contributed by atoms with van der Waals surface area (Å²) in [5.74, 6) is 0.544. The van der Waals surface area contributed by atoms with Crippen LogP contribution in [0.15, 0.2) is 23.3 Å². The number of nitrogens with zero attached hydrogens (tertiary/aromatic N) is 3. The summed E-state index contributed by atoms with van der Waals surface area (Å²) in [4.78, 5) is 14.1. The van der Waals surface area contributed by atoms with Crippen LogP contribution in [0.2, 0.25) is 10.0 Å². The number of halogens is 2. The minimum atomic E-state index is -0.333. The zero-order chi connectivity index (χ0) is 17.1. The number of rotatable bonds is 3. The molecule has 1 atom stereocenters. The Balaban J connectivity index is 1.55. The Kier molecular flexibility index (Phi) is 5.61. The van der Waals surface area contributed by atoms with Crippen molar-refractivity contribution in [1.29, 1.82) is 0 Å². The number of nitrogens with one attached hydrogen (secondary N) is 1. The average Bonchev–Trinajstić information content (AvgIpc) is 2.98. The normalized spacial score (nSPS) is 21.7. The highest BCUT2D eigenvalue weighted by Gasteiger charge is 2.22. The van der Waals surface area contributed by atoms with E-state index in [0.717, 1.165) is 25.1 Å². The van der Waals surface area contributed by atoms with Gasteiger partial charge >= 0.3 is 0 Å². The number of aliphatic hydroxyl groups is 1. The first-order valence-corrected chi connectivity index (χ1v) is 8.77. The fraction of sp³-hybridized carbons (Fsp3) is 0.500. The monoisotopic (exact) mass is 370 g/mol. The molecule has 2 aliphatic rings. The summed E-state index contributed by atoms with van der Waals surface area (Å²) in [6.07, 6.45) is 2.05. The number of benzene rings is 1. The second kappa shape index (κ2) is 7.70. The summed E-state index contributed by atoms with van der Waals surface area (Å²) in [6, 6.07) is 5.33. The van der Waals surface area contributed by atoms with E-state index in [1.54, 1.807) is 17.1 Å². The molecule has 130 valence electrons. The van der Waals surface area contributed by atoms with Crippen LogP contribution in [0.25, 0.3) is 0 Å². The number of amides is 1. The number of hydrogen-bond donors (Lipinski definition) is 2. The fourth-order valence-corrected chi connectivity index (χ4v) is 3.25. The van der Waals surface area contributed by atoms with E-state index in [9.17, 15) is 9.90 Å². The van der Waals surface area contributed by atoms with Gasteiger partial charge in [0.05, 0.1) is 28.4 Å². The maximum Gasteiger partial charge on any atom is 0.239 e. The van der Waals surface area contributed by atoms with Gasteiger partial charge in [-0.25, -0.2) is 0 Å². The SMILES string of the molecule is O=C(CN1CCC[C@H](O)C1)NC1=NN(c2ccc(Cl)c(Cl)c2)CC1. The van der Waals surface area contributed by atoms with Gasteiger partial charge in [0.2, 0.25) is 5.91 Å². The molecule has 0 aliphatic carbocycles. The zero-order valence-corrected chi connectivity index (χ0v) is 14.7. The van der Waals surface area contributed by atoms with Gasteiger partial charge in [0.1, 0.15) is 5.84 Å². The lowest BCUT2D eigenvalue weighted by atomic mass is 10.1. The van der Waals surface area contributed by atoms with Crippen molar-refractivity contribution in [3.8, 4) is 0 Å². The molecule has 2 N–H and O–H groups in total. The first-order chi connectivity index (χ1) is 11.5. The molecule has 24 heavy (non-hydrogen) atoms. The zero-order valence-electron chi connectivity index (χ0n) is 13.2. The van der Waals surface area contributed by atoms with Crippen LogP contribution in [-0.4, -0.2) is 54.0 Å². The van der Waals surface area contributed by atoms with E-state index in [-0.39, 0.29) is 18.6 Å². The van der Waals surface area contributed by atoms with Crippen LogP contribution in [0.4, 0.5) is 5.69 Å². The van der Waals surface area contributed by atoms with Crippen molar-refractivity contribution in [2.24, 2.45) is 5.10 Å². The molecule has 0 spiro atoms. The first-order valence-electron chi connectivity index (χ1n) is 8.01. The number of aliphatic hydroxyl groups excluding tert-OH is 1. The number of hydrogen-bond acceptors (Lipinski definition) is 5. The maximum atomic E-state index is 12.1. The van der Waals surface area contributed by atoms with E-state index in [4.69, 9.17) is 23.2 Å². The van der Waals surface area contributed by atoms with Gasteiger partial charge in [-0.2, -0.15) is 5.10 Å². The Morgan fingerprint density at radius 1 is 1.33 bits per heavy atom. The highest BCUT2D eigenvalue weighted by molar-refractivity contribution is 6.42. The molecule has 0 unspecified atom stereocenters. The number of likely N-dealkylation sites (tertiary alicyclic amines) is 1. The molecule has 8 heteroatoms. The lowest BCUT2D eigenvalue weighted by molar-refractivity contribution is -0.121. The van der Waals surface area contributed by atoms with E-state index in [2.05, 4.69) is 10.4 Å². The number of hydrazone groups is 1. The molecule has 1 fully saturated rings. The van der Waals surface area contributed by atoms with Gasteiger partial charge in [-0.15, -0.1) is 0 Å². The fourth-order valence-electron chi connectivity index (χ4n) is 2.96.